The van der Waals surface area contributed by atoms with E-state index in [-0.39, 0.29) is 40.5 Å². The van der Waals surface area contributed by atoms with Crippen molar-refractivity contribution in [3.63, 3.8) is 0 Å². The van der Waals surface area contributed by atoms with Crippen LogP contribution in [0.3, 0.4) is 0 Å². The third kappa shape index (κ3) is 2.32. The van der Waals surface area contributed by atoms with E-state index in [0.29, 0.717) is 18.2 Å². The number of nitrogens with one attached hydrogen (secondary N) is 1. The molecule has 0 aromatic carbocycles. The maximum atomic E-state index is 15.3. The van der Waals surface area contributed by atoms with Crippen molar-refractivity contribution in [2.24, 2.45) is 0 Å². The molecule has 27 heavy (non-hydrogen) atoms. The molecular formula is C19H21FN4O3. The number of nitrogens with zero attached hydrogens (tertiary/aromatic N) is 3. The van der Waals surface area contributed by atoms with Gasteiger partial charge in [0.05, 0.1) is 5.39 Å². The molecule has 4 heterocycles. The number of halogens is 1. The van der Waals surface area contributed by atoms with E-state index in [2.05, 4.69) is 17.2 Å². The topological polar surface area (TPSA) is 87.5 Å². The van der Waals surface area contributed by atoms with Crippen LogP contribution in [0.25, 0.3) is 11.0 Å². The summed E-state index contributed by atoms with van der Waals surface area (Å²) in [4.78, 5) is 30.8. The number of rotatable bonds is 3. The number of aromatic nitrogens is 2. The fourth-order valence-electron chi connectivity index (χ4n) is 4.66. The van der Waals surface area contributed by atoms with E-state index in [4.69, 9.17) is 0 Å². The highest BCUT2D eigenvalue weighted by Gasteiger charge is 2.44. The number of pyridine rings is 2. The first-order valence-corrected chi connectivity index (χ1v) is 9.37. The quantitative estimate of drug-likeness (QED) is 0.855. The van der Waals surface area contributed by atoms with Crippen molar-refractivity contribution in [3.8, 4) is 0 Å². The third-order valence-corrected chi connectivity index (χ3v) is 6.18. The smallest absolute Gasteiger partial charge is 0.341 e. The van der Waals surface area contributed by atoms with Gasteiger partial charge in [0.25, 0.3) is 0 Å². The average Bonchev–Trinajstić information content (AvgIpc) is 3.28. The molecule has 0 amide bonds. The molecule has 1 saturated carbocycles. The monoisotopic (exact) mass is 372 g/mol. The van der Waals surface area contributed by atoms with E-state index in [1.807, 2.05) is 4.90 Å². The van der Waals surface area contributed by atoms with Crippen molar-refractivity contribution in [1.82, 2.24) is 14.9 Å². The van der Waals surface area contributed by atoms with Gasteiger partial charge in [0, 0.05) is 42.5 Å². The molecule has 3 aliphatic rings. The van der Waals surface area contributed by atoms with Crippen molar-refractivity contribution in [1.29, 1.82) is 0 Å². The molecule has 3 atom stereocenters. The fourth-order valence-corrected chi connectivity index (χ4v) is 4.66. The number of hydrogen-bond acceptors (Lipinski definition) is 5. The first kappa shape index (κ1) is 16.7. The maximum Gasteiger partial charge on any atom is 0.341 e. The minimum atomic E-state index is -1.29. The van der Waals surface area contributed by atoms with Gasteiger partial charge in [0.15, 0.2) is 11.6 Å². The number of hydrogen-bond donors (Lipinski definition) is 2. The number of aryl methyl sites for hydroxylation is 1. The minimum absolute atomic E-state index is 0.0820. The van der Waals surface area contributed by atoms with Crippen molar-refractivity contribution in [2.45, 2.75) is 57.3 Å². The number of aromatic carboxylic acids is 1. The summed E-state index contributed by atoms with van der Waals surface area (Å²) in [5.74, 6) is -1.54. The van der Waals surface area contributed by atoms with Gasteiger partial charge in [0.2, 0.25) is 5.43 Å². The molecule has 3 fully saturated rings. The predicted molar refractivity (Wildman–Crippen MR) is 98.1 cm³/mol. The van der Waals surface area contributed by atoms with Crippen LogP contribution in [-0.2, 0) is 0 Å². The zero-order valence-corrected chi connectivity index (χ0v) is 15.2. The second-order valence-corrected chi connectivity index (χ2v) is 8.00. The molecule has 0 spiro atoms. The Morgan fingerprint density at radius 1 is 1.41 bits per heavy atom. The van der Waals surface area contributed by atoms with Gasteiger partial charge in [0.1, 0.15) is 11.2 Å². The molecule has 2 aromatic rings. The fraction of sp³-hybridized carbons (Fsp3) is 0.526. The summed E-state index contributed by atoms with van der Waals surface area (Å²) in [6.07, 6.45) is 4.13. The van der Waals surface area contributed by atoms with Crippen LogP contribution < -0.4 is 15.6 Å². The number of fused-ring (bicyclic) bond motifs is 3. The summed E-state index contributed by atoms with van der Waals surface area (Å²) >= 11 is 0. The molecule has 2 aromatic heterocycles. The Labute approximate surface area is 154 Å². The highest BCUT2D eigenvalue weighted by atomic mass is 19.1. The predicted octanol–water partition coefficient (Wildman–Crippen LogP) is 1.82. The Hall–Kier alpha value is -2.48. The van der Waals surface area contributed by atoms with Crippen molar-refractivity contribution < 1.29 is 14.3 Å². The third-order valence-electron chi connectivity index (χ3n) is 6.18. The van der Waals surface area contributed by atoms with E-state index in [0.717, 1.165) is 19.3 Å². The highest BCUT2D eigenvalue weighted by molar-refractivity contribution is 5.93. The van der Waals surface area contributed by atoms with Gasteiger partial charge >= 0.3 is 5.97 Å². The lowest BCUT2D eigenvalue weighted by Crippen LogP contribution is -2.50. The van der Waals surface area contributed by atoms with Gasteiger partial charge in [-0.05, 0) is 33.1 Å². The molecule has 1 aliphatic carbocycles. The van der Waals surface area contributed by atoms with Crippen molar-refractivity contribution in [3.05, 3.63) is 33.4 Å². The van der Waals surface area contributed by atoms with Crippen LogP contribution in [0, 0.1) is 12.7 Å². The zero-order chi connectivity index (χ0) is 19.0. The molecule has 142 valence electrons. The lowest BCUT2D eigenvalue weighted by molar-refractivity contribution is 0.0695. The van der Waals surface area contributed by atoms with Crippen molar-refractivity contribution in [2.75, 3.05) is 11.4 Å². The SMILES string of the molecule is Cc1c(F)c(N2C[C@H]3C[C@@H]2[C@@H](C)N3)nc2c1c(=O)c(C(=O)O)cn2C1CC1. The summed E-state index contributed by atoms with van der Waals surface area (Å²) in [7, 11) is 0. The summed E-state index contributed by atoms with van der Waals surface area (Å²) in [6.45, 7) is 4.32. The molecule has 8 heteroatoms. The molecule has 2 aliphatic heterocycles. The minimum Gasteiger partial charge on any atom is -0.477 e. The van der Waals surface area contributed by atoms with E-state index in [1.54, 1.807) is 11.5 Å². The first-order chi connectivity index (χ1) is 12.9. The van der Waals surface area contributed by atoms with E-state index in [9.17, 15) is 14.7 Å². The van der Waals surface area contributed by atoms with E-state index >= 15 is 4.39 Å². The van der Waals surface area contributed by atoms with Crippen LogP contribution in [0.4, 0.5) is 10.2 Å². The average molecular weight is 372 g/mol. The Kier molecular flexibility index (Phi) is 3.40. The molecule has 7 nitrogen and oxygen atoms in total. The van der Waals surface area contributed by atoms with E-state index < -0.39 is 17.2 Å². The number of anilines is 1. The van der Waals surface area contributed by atoms with Gasteiger partial charge in [-0.3, -0.25) is 4.79 Å². The van der Waals surface area contributed by atoms with Crippen LogP contribution in [0.2, 0.25) is 0 Å². The molecule has 2 saturated heterocycles. The molecule has 2 bridgehead atoms. The Morgan fingerprint density at radius 3 is 2.74 bits per heavy atom. The maximum absolute atomic E-state index is 15.3. The summed E-state index contributed by atoms with van der Waals surface area (Å²) in [6, 6.07) is 0.864. The summed E-state index contributed by atoms with van der Waals surface area (Å²) < 4.78 is 17.0. The first-order valence-electron chi connectivity index (χ1n) is 9.37. The highest BCUT2D eigenvalue weighted by Crippen LogP contribution is 2.39. The molecule has 2 N–H and O–H groups in total. The van der Waals surface area contributed by atoms with Crippen molar-refractivity contribution >= 4 is 22.8 Å². The lowest BCUT2D eigenvalue weighted by Gasteiger charge is -2.33. The van der Waals surface area contributed by atoms with Gasteiger partial charge in [-0.1, -0.05) is 0 Å². The standard InChI is InChI=1S/C19H21FN4O3/c1-8-14-16(25)12(19(26)27)7-23(11-3-4-11)17(14)22-18(15(8)20)24-6-10-5-13(24)9(2)21-10/h7,9-11,13,21H,3-6H2,1-2H3,(H,26,27)/t9-,10-,13-/m1/s1. The number of piperazine rings is 1. The Bertz CT molecular complexity index is 1050. The van der Waals surface area contributed by atoms with Gasteiger partial charge in [-0.2, -0.15) is 0 Å². The molecular weight excluding hydrogens is 351 g/mol. The normalized spacial score (nSPS) is 26.9. The Balaban J connectivity index is 1.77. The molecule has 0 unspecified atom stereocenters. The molecule has 5 rings (SSSR count). The van der Waals surface area contributed by atoms with Gasteiger partial charge in [-0.25, -0.2) is 14.2 Å². The number of carboxylic acids is 1. The Morgan fingerprint density at radius 2 is 2.15 bits per heavy atom. The van der Waals surface area contributed by atoms with E-state index in [1.165, 1.54) is 6.20 Å². The zero-order valence-electron chi connectivity index (χ0n) is 15.2. The van der Waals surface area contributed by atoms with Crippen LogP contribution in [0.1, 0.15) is 48.1 Å². The number of carbonyl (C=O) groups is 1. The van der Waals surface area contributed by atoms with Gasteiger partial charge < -0.3 is 19.9 Å². The van der Waals surface area contributed by atoms with Gasteiger partial charge in [-0.15, -0.1) is 0 Å². The van der Waals surface area contributed by atoms with Crippen LogP contribution >= 0.6 is 0 Å². The van der Waals surface area contributed by atoms with Crippen LogP contribution in [0.5, 0.6) is 0 Å². The summed E-state index contributed by atoms with van der Waals surface area (Å²) in [5.41, 5.74) is -0.419. The second-order valence-electron chi connectivity index (χ2n) is 8.00. The summed E-state index contributed by atoms with van der Waals surface area (Å²) in [5, 5.41) is 13.0. The largest absolute Gasteiger partial charge is 0.477 e. The lowest BCUT2D eigenvalue weighted by atomic mass is 10.1. The van der Waals surface area contributed by atoms with Crippen LogP contribution in [-0.4, -0.2) is 45.3 Å². The molecule has 0 radical (unpaired) electrons. The van der Waals surface area contributed by atoms with Crippen LogP contribution in [0.15, 0.2) is 11.0 Å². The second kappa shape index (κ2) is 5.51. The number of carboxylic acid groups (broad SMARTS) is 1.